The summed E-state index contributed by atoms with van der Waals surface area (Å²) in [7, 11) is -4.10. The maximum atomic E-state index is 12.3. The number of rotatable bonds is 9. The van der Waals surface area contributed by atoms with Crippen LogP contribution in [0, 0.1) is 0 Å². The zero-order chi connectivity index (χ0) is 22.5. The summed E-state index contributed by atoms with van der Waals surface area (Å²) < 4.78 is 60.0. The van der Waals surface area contributed by atoms with Crippen molar-refractivity contribution in [2.45, 2.75) is 24.5 Å². The number of carbonyl (C=O) groups is 2. The van der Waals surface area contributed by atoms with Crippen molar-refractivity contribution >= 4 is 45.0 Å². The molecule has 1 atom stereocenters. The van der Waals surface area contributed by atoms with Crippen LogP contribution >= 0.6 is 23.2 Å². The quantitative estimate of drug-likeness (QED) is 0.433. The Morgan fingerprint density at radius 3 is 2.27 bits per heavy atom. The second-order valence-corrected chi connectivity index (χ2v) is 8.38. The molecule has 30 heavy (non-hydrogen) atoms. The lowest BCUT2D eigenvalue weighted by molar-refractivity contribution is -0.144. The van der Waals surface area contributed by atoms with Gasteiger partial charge < -0.3 is 9.47 Å². The number of halogens is 4. The van der Waals surface area contributed by atoms with Crippen molar-refractivity contribution in [3.05, 3.63) is 58.1 Å². The number of sulfonamides is 1. The smallest absolute Gasteiger partial charge is 0.387 e. The van der Waals surface area contributed by atoms with Crippen LogP contribution in [0.5, 0.6) is 5.75 Å². The molecule has 0 bridgehead atoms. The van der Waals surface area contributed by atoms with Gasteiger partial charge >= 0.3 is 12.6 Å². The van der Waals surface area contributed by atoms with E-state index in [0.717, 1.165) is 18.2 Å². The Balaban J connectivity index is 1.93. The van der Waals surface area contributed by atoms with E-state index in [9.17, 15) is 26.8 Å². The molecule has 0 aromatic heterocycles. The fourth-order valence-electron chi connectivity index (χ4n) is 2.16. The highest BCUT2D eigenvalue weighted by Crippen LogP contribution is 2.24. The largest absolute Gasteiger partial charge is 0.456 e. The molecule has 0 aliphatic carbocycles. The molecule has 162 valence electrons. The number of hydrogen-bond donors (Lipinski definition) is 1. The Morgan fingerprint density at radius 2 is 1.70 bits per heavy atom. The Bertz CT molecular complexity index is 1030. The zero-order valence-electron chi connectivity index (χ0n) is 15.3. The molecule has 0 spiro atoms. The molecule has 2 aromatic carbocycles. The third-order valence-corrected chi connectivity index (χ3v) is 5.91. The van der Waals surface area contributed by atoms with Gasteiger partial charge in [0, 0.05) is 5.56 Å². The summed E-state index contributed by atoms with van der Waals surface area (Å²) in [5.41, 5.74) is 0.0912. The van der Waals surface area contributed by atoms with E-state index in [-0.39, 0.29) is 26.3 Å². The van der Waals surface area contributed by atoms with Crippen LogP contribution in [0.2, 0.25) is 10.0 Å². The molecular weight excluding hydrogens is 467 g/mol. The van der Waals surface area contributed by atoms with Crippen LogP contribution in [0.4, 0.5) is 8.78 Å². The second-order valence-electron chi connectivity index (χ2n) is 5.85. The number of Topliss-reactive ketones (excluding diaryl/α,β-unsaturated/α-hetero) is 1. The summed E-state index contributed by atoms with van der Waals surface area (Å²) in [5.74, 6) is -1.75. The molecule has 2 aromatic rings. The van der Waals surface area contributed by atoms with E-state index in [2.05, 4.69) is 9.46 Å². The van der Waals surface area contributed by atoms with Gasteiger partial charge in [0.05, 0.1) is 14.9 Å². The molecule has 0 saturated heterocycles. The number of ether oxygens (including phenoxy) is 2. The second kappa shape index (κ2) is 10.2. The standard InChI is InChI=1S/C18H15Cl2F2NO6S/c1-10(23-30(26,27)13-6-7-14(19)15(20)8-13)17(25)28-9-16(24)11-2-4-12(5-3-11)29-18(21)22/h2-8,10,18,23H,9H2,1H3/t10-/m0/s1. The highest BCUT2D eigenvalue weighted by Gasteiger charge is 2.24. The number of carbonyl (C=O) groups excluding carboxylic acids is 2. The first kappa shape index (κ1) is 24.0. The number of benzene rings is 2. The summed E-state index contributed by atoms with van der Waals surface area (Å²) in [4.78, 5) is 23.9. The molecule has 2 rings (SSSR count). The van der Waals surface area contributed by atoms with E-state index in [1.807, 2.05) is 0 Å². The molecule has 0 radical (unpaired) electrons. The average Bonchev–Trinajstić information content (AvgIpc) is 2.67. The van der Waals surface area contributed by atoms with E-state index in [4.69, 9.17) is 27.9 Å². The van der Waals surface area contributed by atoms with E-state index in [0.29, 0.717) is 0 Å². The molecule has 0 aliphatic heterocycles. The van der Waals surface area contributed by atoms with Crippen LogP contribution in [-0.4, -0.2) is 39.4 Å². The lowest BCUT2D eigenvalue weighted by atomic mass is 10.1. The third kappa shape index (κ3) is 6.63. The molecule has 1 N–H and O–H groups in total. The Hall–Kier alpha value is -2.27. The molecule has 0 saturated carbocycles. The van der Waals surface area contributed by atoms with Gasteiger partial charge in [-0.3, -0.25) is 9.59 Å². The van der Waals surface area contributed by atoms with Gasteiger partial charge in [0.1, 0.15) is 11.8 Å². The summed E-state index contributed by atoms with van der Waals surface area (Å²) in [6, 6.07) is 7.09. The highest BCUT2D eigenvalue weighted by atomic mass is 35.5. The number of esters is 1. The first-order valence-electron chi connectivity index (χ1n) is 8.21. The van der Waals surface area contributed by atoms with Crippen LogP contribution in [0.1, 0.15) is 17.3 Å². The Labute approximate surface area is 180 Å². The molecule has 0 fully saturated rings. The highest BCUT2D eigenvalue weighted by molar-refractivity contribution is 7.89. The van der Waals surface area contributed by atoms with Crippen LogP contribution in [-0.2, 0) is 19.6 Å². The van der Waals surface area contributed by atoms with Gasteiger partial charge in [-0.25, -0.2) is 8.42 Å². The molecule has 12 heteroatoms. The van der Waals surface area contributed by atoms with Crippen LogP contribution in [0.15, 0.2) is 47.4 Å². The van der Waals surface area contributed by atoms with Crippen molar-refractivity contribution in [3.63, 3.8) is 0 Å². The minimum Gasteiger partial charge on any atom is -0.456 e. The minimum atomic E-state index is -4.10. The van der Waals surface area contributed by atoms with Crippen molar-refractivity contribution in [1.29, 1.82) is 0 Å². The van der Waals surface area contributed by atoms with E-state index in [1.54, 1.807) is 0 Å². The van der Waals surface area contributed by atoms with Gasteiger partial charge in [0.15, 0.2) is 12.4 Å². The lowest BCUT2D eigenvalue weighted by Gasteiger charge is -2.14. The molecule has 0 amide bonds. The number of alkyl halides is 2. The van der Waals surface area contributed by atoms with Gasteiger partial charge in [-0.15, -0.1) is 0 Å². The van der Waals surface area contributed by atoms with Crippen molar-refractivity contribution in [3.8, 4) is 5.75 Å². The van der Waals surface area contributed by atoms with Gasteiger partial charge in [0.25, 0.3) is 0 Å². The summed E-state index contributed by atoms with van der Waals surface area (Å²) in [5, 5.41) is 0.181. The summed E-state index contributed by atoms with van der Waals surface area (Å²) >= 11 is 11.5. The number of nitrogens with one attached hydrogen (secondary N) is 1. The number of hydrogen-bond acceptors (Lipinski definition) is 6. The van der Waals surface area contributed by atoms with Crippen molar-refractivity contribution in [1.82, 2.24) is 4.72 Å². The Kier molecular flexibility index (Phi) is 8.13. The minimum absolute atomic E-state index is 0.0188. The fourth-order valence-corrected chi connectivity index (χ4v) is 3.74. The van der Waals surface area contributed by atoms with Crippen molar-refractivity contribution < 1.29 is 36.3 Å². The topological polar surface area (TPSA) is 98.8 Å². The third-order valence-electron chi connectivity index (χ3n) is 3.63. The predicted octanol–water partition coefficient (Wildman–Crippen LogP) is 3.69. The molecule has 0 aliphatic rings. The van der Waals surface area contributed by atoms with Crippen LogP contribution in [0.3, 0.4) is 0 Å². The van der Waals surface area contributed by atoms with E-state index in [1.165, 1.54) is 31.2 Å². The van der Waals surface area contributed by atoms with Crippen LogP contribution < -0.4 is 9.46 Å². The first-order chi connectivity index (χ1) is 14.0. The molecular formula is C18H15Cl2F2NO6S. The summed E-state index contributed by atoms with van der Waals surface area (Å²) in [6.07, 6.45) is 0. The first-order valence-corrected chi connectivity index (χ1v) is 10.5. The van der Waals surface area contributed by atoms with E-state index >= 15 is 0 Å². The zero-order valence-corrected chi connectivity index (χ0v) is 17.6. The number of ketones is 1. The predicted molar refractivity (Wildman–Crippen MR) is 105 cm³/mol. The SMILES string of the molecule is C[C@H](NS(=O)(=O)c1ccc(Cl)c(Cl)c1)C(=O)OCC(=O)c1ccc(OC(F)F)cc1. The van der Waals surface area contributed by atoms with Gasteiger partial charge in [-0.2, -0.15) is 13.5 Å². The summed E-state index contributed by atoms with van der Waals surface area (Å²) in [6.45, 7) is -2.44. The lowest BCUT2D eigenvalue weighted by Crippen LogP contribution is -2.40. The molecule has 7 nitrogen and oxygen atoms in total. The maximum Gasteiger partial charge on any atom is 0.387 e. The van der Waals surface area contributed by atoms with Crippen molar-refractivity contribution in [2.24, 2.45) is 0 Å². The fraction of sp³-hybridized carbons (Fsp3) is 0.222. The maximum absolute atomic E-state index is 12.3. The average molecular weight is 482 g/mol. The van der Waals surface area contributed by atoms with Crippen LogP contribution in [0.25, 0.3) is 0 Å². The van der Waals surface area contributed by atoms with Gasteiger partial charge in [-0.05, 0) is 49.4 Å². The normalized spacial score (nSPS) is 12.5. The van der Waals surface area contributed by atoms with Gasteiger partial charge in [-0.1, -0.05) is 23.2 Å². The van der Waals surface area contributed by atoms with E-state index < -0.39 is 41.0 Å². The van der Waals surface area contributed by atoms with Gasteiger partial charge in [0.2, 0.25) is 10.0 Å². The molecule has 0 heterocycles. The Morgan fingerprint density at radius 1 is 1.07 bits per heavy atom. The molecule has 0 unspecified atom stereocenters. The van der Waals surface area contributed by atoms with Crippen molar-refractivity contribution in [2.75, 3.05) is 6.61 Å². The monoisotopic (exact) mass is 481 g/mol.